The molecule has 0 saturated heterocycles. The zero-order valence-corrected chi connectivity index (χ0v) is 9.28. The summed E-state index contributed by atoms with van der Waals surface area (Å²) in [5, 5.41) is 0. The molecule has 0 heterocycles. The normalized spacial score (nSPS) is 9.93. The van der Waals surface area contributed by atoms with Crippen LogP contribution in [0.4, 0.5) is 0 Å². The molecule has 0 N–H and O–H groups in total. The summed E-state index contributed by atoms with van der Waals surface area (Å²) >= 11 is 3.58. The summed E-state index contributed by atoms with van der Waals surface area (Å²) in [7, 11) is 0. The summed E-state index contributed by atoms with van der Waals surface area (Å²) in [4.78, 5) is 11.3. The predicted molar refractivity (Wildman–Crippen MR) is 60.7 cm³/mol. The Kier molecular flexibility index (Phi) is 5.88. The molecule has 0 amide bonds. The van der Waals surface area contributed by atoms with Gasteiger partial charge >= 0.3 is 5.97 Å². The quantitative estimate of drug-likeness (QED) is 0.349. The molecule has 15 heavy (non-hydrogen) atoms. The highest BCUT2D eigenvalue weighted by Gasteiger charge is 2.03. The van der Waals surface area contributed by atoms with Gasteiger partial charge in [0.05, 0.1) is 19.6 Å². The number of benzene rings is 1. The first-order chi connectivity index (χ1) is 7.33. The van der Waals surface area contributed by atoms with Crippen molar-refractivity contribution in [2.45, 2.75) is 12.8 Å². The van der Waals surface area contributed by atoms with Crippen LogP contribution in [0, 0.1) is 0 Å². The summed E-state index contributed by atoms with van der Waals surface area (Å²) in [6, 6.07) is 9.52. The summed E-state index contributed by atoms with van der Waals surface area (Å²) < 4.78 is 9.54. The van der Waals surface area contributed by atoms with E-state index in [0.717, 1.165) is 5.56 Å². The van der Waals surface area contributed by atoms with Gasteiger partial charge in [0, 0.05) is 6.42 Å². The van der Waals surface area contributed by atoms with Crippen molar-refractivity contribution in [3.8, 4) is 0 Å². The third kappa shape index (κ3) is 5.44. The molecule has 0 aromatic heterocycles. The van der Waals surface area contributed by atoms with E-state index >= 15 is 0 Å². The van der Waals surface area contributed by atoms with Gasteiger partial charge in [0.2, 0.25) is 0 Å². The van der Waals surface area contributed by atoms with Crippen molar-refractivity contribution >= 4 is 18.9 Å². The molecule has 4 heteroatoms. The molecule has 3 nitrogen and oxygen atoms in total. The van der Waals surface area contributed by atoms with Gasteiger partial charge in [-0.05, 0) is 18.5 Å². The fourth-order valence-corrected chi connectivity index (χ4v) is 1.25. The Morgan fingerprint density at radius 2 is 1.93 bits per heavy atom. The minimum Gasteiger partial charge on any atom is -0.465 e. The third-order valence-corrected chi connectivity index (χ3v) is 2.02. The van der Waals surface area contributed by atoms with E-state index in [-0.39, 0.29) is 5.97 Å². The van der Waals surface area contributed by atoms with E-state index in [2.05, 4.69) is 17.1 Å². The van der Waals surface area contributed by atoms with E-state index in [1.54, 1.807) is 0 Å². The lowest BCUT2D eigenvalue weighted by Crippen LogP contribution is -2.09. The Bertz CT molecular complexity index is 287. The molecule has 0 fully saturated rings. The molecular formula is C11H14O3S. The molecule has 0 atom stereocenters. The van der Waals surface area contributed by atoms with Gasteiger partial charge in [-0.3, -0.25) is 4.79 Å². The van der Waals surface area contributed by atoms with E-state index in [1.165, 1.54) is 0 Å². The maximum atomic E-state index is 11.3. The second-order valence-corrected chi connectivity index (χ2v) is 3.33. The van der Waals surface area contributed by atoms with Gasteiger partial charge in [-0.2, -0.15) is 0 Å². The first-order valence-corrected chi connectivity index (χ1v) is 5.15. The Morgan fingerprint density at radius 3 is 2.60 bits per heavy atom. The van der Waals surface area contributed by atoms with Crippen LogP contribution < -0.4 is 0 Å². The molecule has 1 aromatic rings. The molecule has 1 aromatic carbocycles. The number of carbonyl (C=O) groups excluding carboxylic acids is 1. The van der Waals surface area contributed by atoms with Crippen LogP contribution in [-0.2, 0) is 20.1 Å². The number of thiol groups is 1. The van der Waals surface area contributed by atoms with Crippen molar-refractivity contribution in [2.24, 2.45) is 0 Å². The average Bonchev–Trinajstić information content (AvgIpc) is 2.26. The summed E-state index contributed by atoms with van der Waals surface area (Å²) in [5.74, 6) is -0.208. The summed E-state index contributed by atoms with van der Waals surface area (Å²) in [6.07, 6.45) is 0.993. The molecule has 0 aliphatic carbocycles. The molecule has 0 aliphatic rings. The maximum absolute atomic E-state index is 11.3. The largest absolute Gasteiger partial charge is 0.465 e. The van der Waals surface area contributed by atoms with Crippen molar-refractivity contribution < 1.29 is 13.7 Å². The minimum atomic E-state index is -0.208. The van der Waals surface area contributed by atoms with Crippen LogP contribution in [0.1, 0.15) is 12.0 Å². The lowest BCUT2D eigenvalue weighted by molar-refractivity contribution is -0.143. The van der Waals surface area contributed by atoms with E-state index < -0.39 is 0 Å². The predicted octanol–water partition coefficient (Wildman–Crippen LogP) is 2.02. The molecule has 0 radical (unpaired) electrons. The Balaban J connectivity index is 2.19. The van der Waals surface area contributed by atoms with Crippen LogP contribution in [0.25, 0.3) is 0 Å². The van der Waals surface area contributed by atoms with E-state index in [1.807, 2.05) is 30.3 Å². The first kappa shape index (κ1) is 12.1. The van der Waals surface area contributed by atoms with Crippen LogP contribution in [0.2, 0.25) is 0 Å². The van der Waals surface area contributed by atoms with Crippen molar-refractivity contribution in [1.82, 2.24) is 0 Å². The Hall–Kier alpha value is -1.00. The fraction of sp³-hybridized carbons (Fsp3) is 0.364. The van der Waals surface area contributed by atoms with Crippen LogP contribution in [0.15, 0.2) is 30.3 Å². The highest BCUT2D eigenvalue weighted by molar-refractivity contribution is 7.75. The summed E-state index contributed by atoms with van der Waals surface area (Å²) in [5.41, 5.74) is 0.966. The molecule has 0 spiro atoms. The number of rotatable bonds is 6. The molecule has 0 bridgehead atoms. The maximum Gasteiger partial charge on any atom is 0.310 e. The van der Waals surface area contributed by atoms with Gasteiger partial charge in [0.25, 0.3) is 0 Å². The third-order valence-electron chi connectivity index (χ3n) is 1.83. The highest BCUT2D eigenvalue weighted by atomic mass is 32.1. The fourth-order valence-electron chi connectivity index (χ4n) is 1.12. The number of hydrogen-bond acceptors (Lipinski definition) is 4. The van der Waals surface area contributed by atoms with Crippen LogP contribution in [0.5, 0.6) is 0 Å². The molecule has 0 saturated carbocycles. The van der Waals surface area contributed by atoms with Gasteiger partial charge in [0.15, 0.2) is 0 Å². The number of carbonyl (C=O) groups is 1. The van der Waals surface area contributed by atoms with Crippen molar-refractivity contribution in [3.63, 3.8) is 0 Å². The van der Waals surface area contributed by atoms with Gasteiger partial charge in [-0.25, -0.2) is 0 Å². The average molecular weight is 226 g/mol. The second kappa shape index (κ2) is 7.31. The second-order valence-electron chi connectivity index (χ2n) is 3.07. The van der Waals surface area contributed by atoms with E-state index in [9.17, 15) is 4.79 Å². The van der Waals surface area contributed by atoms with Gasteiger partial charge in [-0.15, -0.1) is 0 Å². The Labute approximate surface area is 95.0 Å². The van der Waals surface area contributed by atoms with Gasteiger partial charge in [0.1, 0.15) is 0 Å². The van der Waals surface area contributed by atoms with Crippen molar-refractivity contribution in [3.05, 3.63) is 35.9 Å². The highest BCUT2D eigenvalue weighted by Crippen LogP contribution is 2.01. The monoisotopic (exact) mass is 226 g/mol. The topological polar surface area (TPSA) is 35.5 Å². The molecule has 0 aliphatic heterocycles. The minimum absolute atomic E-state index is 0.208. The van der Waals surface area contributed by atoms with Crippen LogP contribution in [-0.4, -0.2) is 19.2 Å². The zero-order chi connectivity index (χ0) is 10.9. The van der Waals surface area contributed by atoms with E-state index in [4.69, 9.17) is 4.74 Å². The van der Waals surface area contributed by atoms with Gasteiger partial charge in [-0.1, -0.05) is 30.3 Å². The lowest BCUT2D eigenvalue weighted by atomic mass is 10.2. The number of hydrogen-bond donors (Lipinski definition) is 1. The zero-order valence-electron chi connectivity index (χ0n) is 8.39. The number of ether oxygens (including phenoxy) is 1. The molecule has 1 rings (SSSR count). The van der Waals surface area contributed by atoms with Crippen LogP contribution in [0.3, 0.4) is 0 Å². The van der Waals surface area contributed by atoms with Crippen molar-refractivity contribution in [1.29, 1.82) is 0 Å². The molecular weight excluding hydrogens is 212 g/mol. The lowest BCUT2D eigenvalue weighted by Gasteiger charge is -2.03. The smallest absolute Gasteiger partial charge is 0.310 e. The molecule has 0 unspecified atom stereocenters. The SMILES string of the molecule is O=C(Cc1ccccc1)OCCCOS. The van der Waals surface area contributed by atoms with Crippen LogP contribution >= 0.6 is 12.9 Å². The standard InChI is InChI=1S/C11H14O3S/c12-11(13-7-4-8-14-15)9-10-5-2-1-3-6-10/h1-3,5-6,15H,4,7-9H2. The number of esters is 1. The van der Waals surface area contributed by atoms with Gasteiger partial charge < -0.3 is 8.92 Å². The first-order valence-electron chi connectivity index (χ1n) is 4.79. The molecule has 82 valence electrons. The Morgan fingerprint density at radius 1 is 1.20 bits per heavy atom. The summed E-state index contributed by atoms with van der Waals surface area (Å²) in [6.45, 7) is 0.869. The van der Waals surface area contributed by atoms with E-state index in [0.29, 0.717) is 26.1 Å². The van der Waals surface area contributed by atoms with Crippen molar-refractivity contribution in [2.75, 3.05) is 13.2 Å².